The van der Waals surface area contributed by atoms with Crippen LogP contribution in [-0.4, -0.2) is 46.4 Å². The van der Waals surface area contributed by atoms with Crippen molar-refractivity contribution in [2.24, 2.45) is 0 Å². The van der Waals surface area contributed by atoms with Gasteiger partial charge in [0.15, 0.2) is 0 Å². The smallest absolute Gasteiger partial charge is 0.265 e. The molecule has 1 aromatic heterocycles. The van der Waals surface area contributed by atoms with Gasteiger partial charge in [-0.05, 0) is 6.92 Å². The highest BCUT2D eigenvalue weighted by molar-refractivity contribution is 5.76. The van der Waals surface area contributed by atoms with Gasteiger partial charge in [0.25, 0.3) is 11.1 Å². The molecule has 7 heteroatoms. The lowest BCUT2D eigenvalue weighted by Crippen LogP contribution is -2.47. The van der Waals surface area contributed by atoms with E-state index >= 15 is 0 Å². The summed E-state index contributed by atoms with van der Waals surface area (Å²) < 4.78 is 6.35. The second-order valence-electron chi connectivity index (χ2n) is 4.25. The molecule has 2 heterocycles. The zero-order valence-electron chi connectivity index (χ0n) is 10.1. The molecule has 7 nitrogen and oxygen atoms in total. The van der Waals surface area contributed by atoms with Crippen LogP contribution in [0.2, 0.25) is 0 Å². The number of carbonyl (C=O) groups excluding carboxylic acids is 1. The third-order valence-electron chi connectivity index (χ3n) is 2.78. The maximum atomic E-state index is 12.0. The molecule has 0 aliphatic carbocycles. The molecular formula is C11H15N3O4. The Balaban J connectivity index is 2.09. The maximum absolute atomic E-state index is 12.0. The molecule has 0 radical (unpaired) electrons. The zero-order chi connectivity index (χ0) is 13.1. The van der Waals surface area contributed by atoms with Crippen LogP contribution in [0, 0.1) is 0 Å². The Kier molecular flexibility index (Phi) is 3.61. The number of aromatic nitrogens is 2. The minimum atomic E-state index is -0.405. The molecule has 1 fully saturated rings. The van der Waals surface area contributed by atoms with Crippen LogP contribution in [0.4, 0.5) is 0 Å². The van der Waals surface area contributed by atoms with E-state index in [2.05, 4.69) is 5.10 Å². The molecule has 1 atom stereocenters. The van der Waals surface area contributed by atoms with Crippen molar-refractivity contribution in [3.05, 3.63) is 32.8 Å². The molecule has 0 bridgehead atoms. The van der Waals surface area contributed by atoms with E-state index in [0.29, 0.717) is 19.7 Å². The first-order valence-corrected chi connectivity index (χ1v) is 5.76. The van der Waals surface area contributed by atoms with Gasteiger partial charge in [0.05, 0.1) is 12.7 Å². The molecule has 1 N–H and O–H groups in total. The highest BCUT2D eigenvalue weighted by Crippen LogP contribution is 2.04. The first-order chi connectivity index (χ1) is 8.56. The monoisotopic (exact) mass is 253 g/mol. The predicted octanol–water partition coefficient (Wildman–Crippen LogP) is -1.22. The summed E-state index contributed by atoms with van der Waals surface area (Å²) in [6.07, 6.45) is -0.00533. The summed E-state index contributed by atoms with van der Waals surface area (Å²) in [6, 6.07) is 2.29. The Morgan fingerprint density at radius 3 is 3.00 bits per heavy atom. The minimum Gasteiger partial charge on any atom is -0.375 e. The van der Waals surface area contributed by atoms with Crippen LogP contribution >= 0.6 is 0 Å². The van der Waals surface area contributed by atoms with Crippen LogP contribution in [0.15, 0.2) is 21.7 Å². The van der Waals surface area contributed by atoms with Gasteiger partial charge >= 0.3 is 0 Å². The molecule has 0 aromatic carbocycles. The largest absolute Gasteiger partial charge is 0.375 e. The molecule has 0 unspecified atom stereocenters. The molecule has 18 heavy (non-hydrogen) atoms. The first kappa shape index (κ1) is 12.6. The third-order valence-corrected chi connectivity index (χ3v) is 2.78. The molecule has 1 saturated heterocycles. The summed E-state index contributed by atoms with van der Waals surface area (Å²) in [5.41, 5.74) is -0.804. The number of ether oxygens (including phenoxy) is 1. The van der Waals surface area contributed by atoms with E-state index in [1.165, 1.54) is 0 Å². The van der Waals surface area contributed by atoms with Gasteiger partial charge in [-0.1, -0.05) is 0 Å². The lowest BCUT2D eigenvalue weighted by atomic mass is 10.3. The van der Waals surface area contributed by atoms with Gasteiger partial charge in [-0.25, -0.2) is 4.68 Å². The van der Waals surface area contributed by atoms with E-state index in [1.54, 1.807) is 4.90 Å². The fraction of sp³-hybridized carbons (Fsp3) is 0.545. The summed E-state index contributed by atoms with van der Waals surface area (Å²) in [7, 11) is 0. The number of hydrogen-bond acceptors (Lipinski definition) is 4. The van der Waals surface area contributed by atoms with Crippen LogP contribution in [0.1, 0.15) is 6.92 Å². The van der Waals surface area contributed by atoms with Crippen LogP contribution in [0.25, 0.3) is 0 Å². The van der Waals surface area contributed by atoms with E-state index in [9.17, 15) is 14.4 Å². The average molecular weight is 253 g/mol. The third kappa shape index (κ3) is 2.86. The lowest BCUT2D eigenvalue weighted by molar-refractivity contribution is -0.139. The topological polar surface area (TPSA) is 84.4 Å². The lowest BCUT2D eigenvalue weighted by Gasteiger charge is -2.31. The molecule has 1 aliphatic rings. The second-order valence-corrected chi connectivity index (χ2v) is 4.25. The summed E-state index contributed by atoms with van der Waals surface area (Å²) in [5.74, 6) is -0.200. The van der Waals surface area contributed by atoms with Crippen molar-refractivity contribution in [1.29, 1.82) is 0 Å². The van der Waals surface area contributed by atoms with Gasteiger partial charge < -0.3 is 9.64 Å². The molecule has 0 spiro atoms. The van der Waals surface area contributed by atoms with Gasteiger partial charge in [0, 0.05) is 25.2 Å². The number of carbonyl (C=O) groups is 1. The van der Waals surface area contributed by atoms with Crippen molar-refractivity contribution >= 4 is 5.91 Å². The van der Waals surface area contributed by atoms with Crippen molar-refractivity contribution in [3.8, 4) is 0 Å². The number of morpholine rings is 1. The Bertz CT molecular complexity index is 548. The number of H-pyrrole nitrogens is 1. The van der Waals surface area contributed by atoms with Gasteiger partial charge in [0.2, 0.25) is 5.91 Å². The molecule has 0 saturated carbocycles. The molecule has 1 amide bonds. The molecule has 1 aromatic rings. The number of hydrogen-bond donors (Lipinski definition) is 1. The predicted molar refractivity (Wildman–Crippen MR) is 63.3 cm³/mol. The quantitative estimate of drug-likeness (QED) is 0.716. The summed E-state index contributed by atoms with van der Waals surface area (Å²) in [4.78, 5) is 36.1. The van der Waals surface area contributed by atoms with Crippen LogP contribution in [0.5, 0.6) is 0 Å². The number of rotatable bonds is 2. The maximum Gasteiger partial charge on any atom is 0.265 e. The highest BCUT2D eigenvalue weighted by atomic mass is 16.5. The molecule has 1 aliphatic heterocycles. The Morgan fingerprint density at radius 1 is 1.50 bits per heavy atom. The van der Waals surface area contributed by atoms with Crippen LogP contribution in [0.3, 0.4) is 0 Å². The van der Waals surface area contributed by atoms with Crippen molar-refractivity contribution < 1.29 is 9.53 Å². The molecule has 98 valence electrons. The summed E-state index contributed by atoms with van der Waals surface area (Å²) in [6.45, 7) is 3.24. The molecule has 2 rings (SSSR count). The Hall–Kier alpha value is -1.89. The second kappa shape index (κ2) is 5.18. The Morgan fingerprint density at radius 2 is 2.28 bits per heavy atom. The standard InChI is InChI=1S/C11H15N3O4/c1-8-6-13(4-5-18-8)11(17)7-14-10(16)3-2-9(15)12-14/h2-3,8H,4-7H2,1H3,(H,12,15)/t8-/m1/s1. The Labute approximate surface area is 103 Å². The zero-order valence-corrected chi connectivity index (χ0v) is 10.1. The minimum absolute atomic E-state index is 0.00533. The summed E-state index contributed by atoms with van der Waals surface area (Å²) >= 11 is 0. The van der Waals surface area contributed by atoms with Gasteiger partial charge in [-0.2, -0.15) is 0 Å². The van der Waals surface area contributed by atoms with Crippen molar-refractivity contribution in [1.82, 2.24) is 14.7 Å². The molecular weight excluding hydrogens is 238 g/mol. The SMILES string of the molecule is C[C@@H]1CN(C(=O)Cn2[nH]c(=O)ccc2=O)CCO1. The van der Waals surface area contributed by atoms with Gasteiger partial charge in [-0.15, -0.1) is 0 Å². The van der Waals surface area contributed by atoms with E-state index in [-0.39, 0.29) is 18.6 Å². The van der Waals surface area contributed by atoms with Gasteiger partial charge in [0.1, 0.15) is 6.54 Å². The average Bonchev–Trinajstić information content (AvgIpc) is 2.34. The summed E-state index contributed by atoms with van der Waals surface area (Å²) in [5, 5.41) is 2.33. The van der Waals surface area contributed by atoms with E-state index in [4.69, 9.17) is 4.74 Å². The highest BCUT2D eigenvalue weighted by Gasteiger charge is 2.21. The normalized spacial score (nSPS) is 19.8. The van der Waals surface area contributed by atoms with E-state index in [1.807, 2.05) is 6.92 Å². The van der Waals surface area contributed by atoms with Crippen LogP contribution in [-0.2, 0) is 16.1 Å². The van der Waals surface area contributed by atoms with Crippen molar-refractivity contribution in [3.63, 3.8) is 0 Å². The van der Waals surface area contributed by atoms with Crippen molar-refractivity contribution in [2.75, 3.05) is 19.7 Å². The van der Waals surface area contributed by atoms with Gasteiger partial charge in [-0.3, -0.25) is 19.5 Å². The number of nitrogens with zero attached hydrogens (tertiary/aromatic N) is 2. The first-order valence-electron chi connectivity index (χ1n) is 5.76. The fourth-order valence-corrected chi connectivity index (χ4v) is 1.86. The van der Waals surface area contributed by atoms with E-state index in [0.717, 1.165) is 16.8 Å². The number of nitrogens with one attached hydrogen (secondary N) is 1. The number of aromatic amines is 1. The van der Waals surface area contributed by atoms with Crippen LogP contribution < -0.4 is 11.1 Å². The van der Waals surface area contributed by atoms with E-state index < -0.39 is 11.1 Å². The number of amides is 1. The fourth-order valence-electron chi connectivity index (χ4n) is 1.86. The van der Waals surface area contributed by atoms with Crippen molar-refractivity contribution in [2.45, 2.75) is 19.6 Å².